The molecule has 0 fully saturated rings. The van der Waals surface area contributed by atoms with E-state index in [2.05, 4.69) is 6.08 Å². The molecule has 0 saturated heterocycles. The van der Waals surface area contributed by atoms with E-state index in [1.807, 2.05) is 54.6 Å². The fourth-order valence-corrected chi connectivity index (χ4v) is 4.14. The molecule has 0 aliphatic carbocycles. The molecule has 0 heterocycles. The number of carboxylic acids is 1. The monoisotopic (exact) mass is 470 g/mol. The normalized spacial score (nSPS) is 10.3. The topological polar surface area (TPSA) is 65.0 Å². The molecule has 0 radical (unpaired) electrons. The molecule has 3 rings (SSSR count). The van der Waals surface area contributed by atoms with Gasteiger partial charge < -0.3 is 19.3 Å². The molecular formula is C25H23ClO5S. The first-order valence-corrected chi connectivity index (χ1v) is 11.1. The predicted octanol–water partition coefficient (Wildman–Crippen LogP) is 6.04. The molecule has 0 bridgehead atoms. The Hall–Kier alpha value is -3.09. The Balaban J connectivity index is 1.83. The smallest absolute Gasteiger partial charge is 0.341 e. The minimum absolute atomic E-state index is 0.349. The standard InChI is InChI=1S/C25H23ClO5S/c1-29-19-7-3-5-17(13-19)22(18-6-4-8-20(14-18)30-2)11-12-32-21-9-10-24(23(26)15-21)31-16-25(27)28/h3-11,13-15H,12,16H2,1-2H3,(H,27,28). The molecule has 0 aliphatic rings. The van der Waals surface area contributed by atoms with Crippen LogP contribution in [-0.4, -0.2) is 37.7 Å². The number of carbonyl (C=O) groups is 1. The zero-order valence-corrected chi connectivity index (χ0v) is 19.3. The van der Waals surface area contributed by atoms with E-state index in [0.717, 1.165) is 33.1 Å². The van der Waals surface area contributed by atoms with Gasteiger partial charge in [-0.15, -0.1) is 11.8 Å². The van der Waals surface area contributed by atoms with Gasteiger partial charge in [0.2, 0.25) is 0 Å². The van der Waals surface area contributed by atoms with E-state index in [9.17, 15) is 4.79 Å². The quantitative estimate of drug-likeness (QED) is 0.364. The van der Waals surface area contributed by atoms with Gasteiger partial charge in [0.1, 0.15) is 17.2 Å². The van der Waals surface area contributed by atoms with Crippen molar-refractivity contribution in [3.8, 4) is 17.2 Å². The lowest BCUT2D eigenvalue weighted by molar-refractivity contribution is -0.139. The Kier molecular flexibility index (Phi) is 8.48. The summed E-state index contributed by atoms with van der Waals surface area (Å²) in [5, 5.41) is 9.12. The number of rotatable bonds is 10. The molecule has 0 unspecified atom stereocenters. The third-order valence-corrected chi connectivity index (χ3v) is 5.77. The van der Waals surface area contributed by atoms with Gasteiger partial charge in [-0.2, -0.15) is 0 Å². The summed E-state index contributed by atoms with van der Waals surface area (Å²) in [4.78, 5) is 11.6. The van der Waals surface area contributed by atoms with Crippen LogP contribution in [0.25, 0.3) is 5.57 Å². The van der Waals surface area contributed by atoms with Gasteiger partial charge >= 0.3 is 5.97 Å². The maximum Gasteiger partial charge on any atom is 0.341 e. The lowest BCUT2D eigenvalue weighted by atomic mass is 9.97. The average Bonchev–Trinajstić information content (AvgIpc) is 2.81. The summed E-state index contributed by atoms with van der Waals surface area (Å²) < 4.78 is 16.0. The Labute approximate surface area is 196 Å². The van der Waals surface area contributed by atoms with Crippen molar-refractivity contribution >= 4 is 34.9 Å². The largest absolute Gasteiger partial charge is 0.497 e. The van der Waals surface area contributed by atoms with Crippen molar-refractivity contribution in [2.24, 2.45) is 0 Å². The summed E-state index contributed by atoms with van der Waals surface area (Å²) in [7, 11) is 3.30. The number of hydrogen-bond acceptors (Lipinski definition) is 5. The molecule has 166 valence electrons. The molecular weight excluding hydrogens is 448 g/mol. The van der Waals surface area contributed by atoms with Crippen molar-refractivity contribution in [2.45, 2.75) is 4.90 Å². The SMILES string of the molecule is COc1cccc(C(=CCSc2ccc(OCC(=O)O)c(Cl)c2)c2cccc(OC)c2)c1. The molecule has 0 atom stereocenters. The molecule has 32 heavy (non-hydrogen) atoms. The molecule has 0 aromatic heterocycles. The van der Waals surface area contributed by atoms with Crippen LogP contribution in [0.5, 0.6) is 17.2 Å². The molecule has 3 aromatic carbocycles. The van der Waals surface area contributed by atoms with Crippen molar-refractivity contribution in [2.75, 3.05) is 26.6 Å². The van der Waals surface area contributed by atoms with Gasteiger partial charge in [-0.1, -0.05) is 41.9 Å². The van der Waals surface area contributed by atoms with Gasteiger partial charge in [0, 0.05) is 10.6 Å². The lowest BCUT2D eigenvalue weighted by Crippen LogP contribution is -2.09. The van der Waals surface area contributed by atoms with Crippen molar-refractivity contribution in [3.63, 3.8) is 0 Å². The summed E-state index contributed by atoms with van der Waals surface area (Å²) in [5.41, 5.74) is 3.13. The van der Waals surface area contributed by atoms with Crippen LogP contribution in [0, 0.1) is 0 Å². The summed E-state index contributed by atoms with van der Waals surface area (Å²) in [5.74, 6) is 1.56. The Morgan fingerprint density at radius 1 is 0.969 bits per heavy atom. The van der Waals surface area contributed by atoms with Crippen molar-refractivity contribution in [1.29, 1.82) is 0 Å². The minimum Gasteiger partial charge on any atom is -0.497 e. The molecule has 0 aliphatic heterocycles. The highest BCUT2D eigenvalue weighted by Crippen LogP contribution is 2.32. The van der Waals surface area contributed by atoms with E-state index in [4.69, 9.17) is 30.9 Å². The van der Waals surface area contributed by atoms with Crippen molar-refractivity contribution in [1.82, 2.24) is 0 Å². The molecule has 5 nitrogen and oxygen atoms in total. The van der Waals surface area contributed by atoms with Crippen LogP contribution < -0.4 is 14.2 Å². The number of carboxylic acid groups (broad SMARTS) is 1. The third-order valence-electron chi connectivity index (χ3n) is 4.55. The highest BCUT2D eigenvalue weighted by molar-refractivity contribution is 7.99. The minimum atomic E-state index is -1.05. The molecule has 1 N–H and O–H groups in total. The highest BCUT2D eigenvalue weighted by atomic mass is 35.5. The number of thioether (sulfide) groups is 1. The number of methoxy groups -OCH3 is 2. The van der Waals surface area contributed by atoms with Gasteiger partial charge in [-0.25, -0.2) is 4.79 Å². The van der Waals surface area contributed by atoms with Gasteiger partial charge in [-0.05, 0) is 59.2 Å². The van der Waals surface area contributed by atoms with E-state index in [1.165, 1.54) is 0 Å². The third kappa shape index (κ3) is 6.45. The summed E-state index contributed by atoms with van der Waals surface area (Å²) >= 11 is 7.85. The first-order chi connectivity index (χ1) is 15.5. The fourth-order valence-electron chi connectivity index (χ4n) is 3.03. The first kappa shape index (κ1) is 23.6. The van der Waals surface area contributed by atoms with Crippen LogP contribution in [0.15, 0.2) is 77.7 Å². The maximum atomic E-state index is 10.7. The Morgan fingerprint density at radius 2 is 1.59 bits per heavy atom. The Bertz CT molecular complexity index is 1060. The summed E-state index contributed by atoms with van der Waals surface area (Å²) in [6.07, 6.45) is 2.15. The van der Waals surface area contributed by atoms with Gasteiger partial charge in [0.05, 0.1) is 19.2 Å². The molecule has 3 aromatic rings. The zero-order chi connectivity index (χ0) is 22.9. The lowest BCUT2D eigenvalue weighted by Gasteiger charge is -2.12. The van der Waals surface area contributed by atoms with Crippen LogP contribution in [0.4, 0.5) is 0 Å². The highest BCUT2D eigenvalue weighted by Gasteiger charge is 2.09. The van der Waals surface area contributed by atoms with E-state index in [1.54, 1.807) is 38.1 Å². The van der Waals surface area contributed by atoms with Crippen LogP contribution in [-0.2, 0) is 4.79 Å². The number of hydrogen-bond donors (Lipinski definition) is 1. The van der Waals surface area contributed by atoms with E-state index < -0.39 is 12.6 Å². The summed E-state index contributed by atoms with van der Waals surface area (Å²) in [6.45, 7) is -0.431. The average molecular weight is 471 g/mol. The fraction of sp³-hybridized carbons (Fsp3) is 0.160. The molecule has 0 saturated carbocycles. The summed E-state index contributed by atoms with van der Waals surface area (Å²) in [6, 6.07) is 21.2. The second-order valence-electron chi connectivity index (χ2n) is 6.67. The second-order valence-corrected chi connectivity index (χ2v) is 8.17. The van der Waals surface area contributed by atoms with Crippen molar-refractivity contribution < 1.29 is 24.1 Å². The van der Waals surface area contributed by atoms with Crippen LogP contribution >= 0.6 is 23.4 Å². The predicted molar refractivity (Wildman–Crippen MR) is 128 cm³/mol. The van der Waals surface area contributed by atoms with Crippen LogP contribution in [0.3, 0.4) is 0 Å². The molecule has 0 spiro atoms. The first-order valence-electron chi connectivity index (χ1n) is 9.76. The zero-order valence-electron chi connectivity index (χ0n) is 17.7. The van der Waals surface area contributed by atoms with Gasteiger partial charge in [0.25, 0.3) is 0 Å². The number of aliphatic carboxylic acids is 1. The van der Waals surface area contributed by atoms with Crippen LogP contribution in [0.1, 0.15) is 11.1 Å². The van der Waals surface area contributed by atoms with E-state index in [0.29, 0.717) is 16.5 Å². The second kappa shape index (κ2) is 11.5. The van der Waals surface area contributed by atoms with Crippen molar-refractivity contribution in [3.05, 3.63) is 89.0 Å². The van der Waals surface area contributed by atoms with Gasteiger partial charge in [0.15, 0.2) is 6.61 Å². The molecule has 0 amide bonds. The van der Waals surface area contributed by atoms with Crippen LogP contribution in [0.2, 0.25) is 5.02 Å². The number of halogens is 1. The number of benzene rings is 3. The Morgan fingerprint density at radius 3 is 2.12 bits per heavy atom. The maximum absolute atomic E-state index is 10.7. The van der Waals surface area contributed by atoms with E-state index >= 15 is 0 Å². The molecule has 7 heteroatoms. The number of ether oxygens (including phenoxy) is 3. The van der Waals surface area contributed by atoms with E-state index in [-0.39, 0.29) is 0 Å². The van der Waals surface area contributed by atoms with Gasteiger partial charge in [-0.3, -0.25) is 0 Å².